The van der Waals surface area contributed by atoms with E-state index in [1.807, 2.05) is 35.0 Å². The zero-order valence-electron chi connectivity index (χ0n) is 18.2. The van der Waals surface area contributed by atoms with Gasteiger partial charge in [-0.25, -0.2) is 9.97 Å². The molecule has 9 heteroatoms. The van der Waals surface area contributed by atoms with E-state index in [0.29, 0.717) is 45.3 Å². The normalized spacial score (nSPS) is 11.0. The minimum atomic E-state index is -0.540. The van der Waals surface area contributed by atoms with E-state index in [2.05, 4.69) is 9.97 Å². The number of aromatic nitrogens is 4. The predicted octanol–water partition coefficient (Wildman–Crippen LogP) is 5.23. The lowest BCUT2D eigenvalue weighted by Gasteiger charge is -2.07. The number of nitrogens with one attached hydrogen (secondary N) is 1. The number of nitrogens with zero attached hydrogens (tertiary/aromatic N) is 3. The number of rotatable bonds is 5. The average molecular weight is 475 g/mol. The topological polar surface area (TPSA) is 106 Å². The van der Waals surface area contributed by atoms with Crippen molar-refractivity contribution in [1.29, 1.82) is 0 Å². The third-order valence-electron chi connectivity index (χ3n) is 5.29. The molecular formula is C25H19ClN4O4. The van der Waals surface area contributed by atoms with E-state index in [4.69, 9.17) is 25.7 Å². The SMILES string of the molecule is COc1ccc(-c2nc(-c3cccn3-c3cc(Cl)ccn3)[nH]c2-c2oc(C)cc(=O)c2O)cc1. The molecule has 5 aromatic rings. The summed E-state index contributed by atoms with van der Waals surface area (Å²) in [6, 6.07) is 15.7. The standard InChI is InChI=1S/C25H19ClN4O4/c1-14-12-19(31)23(32)24(34-14)22-21(15-5-7-17(33-2)8-6-15)28-25(29-22)18-4-3-11-30(18)20-13-16(26)9-10-27-20/h3-13,32H,1-2H3,(H,28,29). The van der Waals surface area contributed by atoms with Crippen molar-refractivity contribution in [1.82, 2.24) is 19.5 Å². The summed E-state index contributed by atoms with van der Waals surface area (Å²) in [7, 11) is 1.59. The molecule has 0 unspecified atom stereocenters. The molecule has 34 heavy (non-hydrogen) atoms. The molecule has 0 atom stereocenters. The second kappa shape index (κ2) is 8.57. The molecule has 4 aromatic heterocycles. The Bertz CT molecular complexity index is 1550. The van der Waals surface area contributed by atoms with Crippen molar-refractivity contribution < 1.29 is 14.3 Å². The molecule has 0 bridgehead atoms. The van der Waals surface area contributed by atoms with E-state index in [1.165, 1.54) is 6.07 Å². The summed E-state index contributed by atoms with van der Waals surface area (Å²) in [6.45, 7) is 1.64. The summed E-state index contributed by atoms with van der Waals surface area (Å²) in [5.41, 5.74) is 1.76. The number of halogens is 1. The van der Waals surface area contributed by atoms with E-state index in [0.717, 1.165) is 5.56 Å². The van der Waals surface area contributed by atoms with Crippen LogP contribution in [-0.4, -0.2) is 31.7 Å². The summed E-state index contributed by atoms with van der Waals surface area (Å²) in [5.74, 6) is 1.65. The molecule has 4 heterocycles. The number of benzene rings is 1. The average Bonchev–Trinajstić information content (AvgIpc) is 3.49. The summed E-state index contributed by atoms with van der Waals surface area (Å²) in [5, 5.41) is 11.1. The van der Waals surface area contributed by atoms with Crippen molar-refractivity contribution in [3.63, 3.8) is 0 Å². The van der Waals surface area contributed by atoms with Gasteiger partial charge in [-0.2, -0.15) is 0 Å². The van der Waals surface area contributed by atoms with Gasteiger partial charge in [0, 0.05) is 35.1 Å². The van der Waals surface area contributed by atoms with Crippen LogP contribution in [0.15, 0.2) is 76.2 Å². The second-order valence-electron chi connectivity index (χ2n) is 7.53. The van der Waals surface area contributed by atoms with Crippen LogP contribution in [0.1, 0.15) is 5.76 Å². The Labute approximate surface area is 199 Å². The van der Waals surface area contributed by atoms with Crippen LogP contribution in [0.5, 0.6) is 11.5 Å². The van der Waals surface area contributed by atoms with Crippen LogP contribution in [0, 0.1) is 6.92 Å². The lowest BCUT2D eigenvalue weighted by Crippen LogP contribution is -2.01. The van der Waals surface area contributed by atoms with Gasteiger partial charge in [-0.3, -0.25) is 9.36 Å². The first-order valence-electron chi connectivity index (χ1n) is 10.3. The highest BCUT2D eigenvalue weighted by Crippen LogP contribution is 2.37. The molecule has 8 nitrogen and oxygen atoms in total. The second-order valence-corrected chi connectivity index (χ2v) is 7.97. The number of aryl methyl sites for hydroxylation is 1. The Morgan fingerprint density at radius 2 is 1.94 bits per heavy atom. The van der Waals surface area contributed by atoms with Crippen molar-refractivity contribution >= 4 is 11.6 Å². The maximum Gasteiger partial charge on any atom is 0.227 e. The Morgan fingerprint density at radius 3 is 2.68 bits per heavy atom. The van der Waals surface area contributed by atoms with Crippen LogP contribution in [0.3, 0.4) is 0 Å². The van der Waals surface area contributed by atoms with Gasteiger partial charge in [0.1, 0.15) is 28.7 Å². The van der Waals surface area contributed by atoms with Gasteiger partial charge in [-0.05, 0) is 49.4 Å². The molecule has 170 valence electrons. The highest BCUT2D eigenvalue weighted by molar-refractivity contribution is 6.30. The Hall–Kier alpha value is -4.30. The summed E-state index contributed by atoms with van der Waals surface area (Å²) < 4.78 is 12.9. The maximum atomic E-state index is 12.3. The molecule has 0 aliphatic carbocycles. The molecule has 2 N–H and O–H groups in total. The molecule has 0 saturated carbocycles. The van der Waals surface area contributed by atoms with Gasteiger partial charge in [0.15, 0.2) is 11.6 Å². The number of aromatic amines is 1. The number of H-pyrrole nitrogens is 1. The number of hydrogen-bond donors (Lipinski definition) is 2. The predicted molar refractivity (Wildman–Crippen MR) is 129 cm³/mol. The number of imidazole rings is 1. The first kappa shape index (κ1) is 21.5. The highest BCUT2D eigenvalue weighted by atomic mass is 35.5. The first-order valence-corrected chi connectivity index (χ1v) is 10.7. The van der Waals surface area contributed by atoms with Crippen LogP contribution in [0.25, 0.3) is 40.0 Å². The summed E-state index contributed by atoms with van der Waals surface area (Å²) in [4.78, 5) is 24.7. The fourth-order valence-corrected chi connectivity index (χ4v) is 3.84. The smallest absolute Gasteiger partial charge is 0.227 e. The molecule has 0 saturated heterocycles. The maximum absolute atomic E-state index is 12.3. The van der Waals surface area contributed by atoms with Crippen LogP contribution in [0.4, 0.5) is 0 Å². The summed E-state index contributed by atoms with van der Waals surface area (Å²) >= 11 is 6.16. The Morgan fingerprint density at radius 1 is 1.15 bits per heavy atom. The third kappa shape index (κ3) is 3.84. The van der Waals surface area contributed by atoms with Crippen molar-refractivity contribution in [2.24, 2.45) is 0 Å². The monoisotopic (exact) mass is 474 g/mol. The van der Waals surface area contributed by atoms with Gasteiger partial charge in [0.2, 0.25) is 11.2 Å². The van der Waals surface area contributed by atoms with Crippen molar-refractivity contribution in [3.8, 4) is 51.5 Å². The van der Waals surface area contributed by atoms with Crippen molar-refractivity contribution in [2.45, 2.75) is 6.92 Å². The number of aromatic hydroxyl groups is 1. The van der Waals surface area contributed by atoms with Crippen LogP contribution in [-0.2, 0) is 0 Å². The lowest BCUT2D eigenvalue weighted by molar-refractivity contribution is 0.415. The molecule has 0 spiro atoms. The first-order chi connectivity index (χ1) is 16.4. The van der Waals surface area contributed by atoms with Crippen LogP contribution >= 0.6 is 11.6 Å². The fourth-order valence-electron chi connectivity index (χ4n) is 3.69. The van der Waals surface area contributed by atoms with Crippen LogP contribution in [0.2, 0.25) is 5.02 Å². The third-order valence-corrected chi connectivity index (χ3v) is 5.52. The van der Waals surface area contributed by atoms with Gasteiger partial charge in [0.05, 0.1) is 12.8 Å². The molecule has 0 radical (unpaired) electrons. The Kier molecular flexibility index (Phi) is 5.43. The highest BCUT2D eigenvalue weighted by Gasteiger charge is 2.23. The Balaban J connectivity index is 1.73. The zero-order chi connectivity index (χ0) is 23.8. The largest absolute Gasteiger partial charge is 0.501 e. The van der Waals surface area contributed by atoms with Gasteiger partial charge in [0.25, 0.3) is 0 Å². The molecular weight excluding hydrogens is 456 g/mol. The van der Waals surface area contributed by atoms with E-state index in [-0.39, 0.29) is 5.76 Å². The minimum absolute atomic E-state index is 0.00792. The van der Waals surface area contributed by atoms with E-state index < -0.39 is 11.2 Å². The van der Waals surface area contributed by atoms with Crippen molar-refractivity contribution in [2.75, 3.05) is 7.11 Å². The number of ether oxygens (including phenoxy) is 1. The zero-order valence-corrected chi connectivity index (χ0v) is 19.0. The van der Waals surface area contributed by atoms with E-state index in [9.17, 15) is 9.90 Å². The molecule has 0 amide bonds. The van der Waals surface area contributed by atoms with Crippen molar-refractivity contribution in [3.05, 3.63) is 88.0 Å². The number of methoxy groups -OCH3 is 1. The van der Waals surface area contributed by atoms with Gasteiger partial charge < -0.3 is 19.2 Å². The van der Waals surface area contributed by atoms with Gasteiger partial charge in [-0.1, -0.05) is 11.6 Å². The van der Waals surface area contributed by atoms with Gasteiger partial charge in [-0.15, -0.1) is 0 Å². The molecule has 0 aliphatic rings. The van der Waals surface area contributed by atoms with Crippen LogP contribution < -0.4 is 10.2 Å². The molecule has 1 aromatic carbocycles. The van der Waals surface area contributed by atoms with E-state index >= 15 is 0 Å². The quantitative estimate of drug-likeness (QED) is 0.361. The van der Waals surface area contributed by atoms with Gasteiger partial charge >= 0.3 is 0 Å². The molecule has 0 fully saturated rings. The number of pyridine rings is 1. The summed E-state index contributed by atoms with van der Waals surface area (Å²) in [6.07, 6.45) is 3.46. The van der Waals surface area contributed by atoms with E-state index in [1.54, 1.807) is 44.5 Å². The molecule has 5 rings (SSSR count). The molecule has 0 aliphatic heterocycles. The lowest BCUT2D eigenvalue weighted by atomic mass is 10.1. The minimum Gasteiger partial charge on any atom is -0.501 e. The fraction of sp³-hybridized carbons (Fsp3) is 0.0800. The number of hydrogen-bond acceptors (Lipinski definition) is 6.